The summed E-state index contributed by atoms with van der Waals surface area (Å²) < 4.78 is 0. The van der Waals surface area contributed by atoms with Crippen LogP contribution >= 0.6 is 11.6 Å². The van der Waals surface area contributed by atoms with Gasteiger partial charge in [0.05, 0.1) is 12.1 Å². The number of hydrogen-bond acceptors (Lipinski definition) is 5. The van der Waals surface area contributed by atoms with Crippen molar-refractivity contribution in [2.45, 2.75) is 26.1 Å². The van der Waals surface area contributed by atoms with Crippen molar-refractivity contribution >= 4 is 45.0 Å². The van der Waals surface area contributed by atoms with Crippen LogP contribution in [0.3, 0.4) is 0 Å². The number of rotatable bonds is 4. The zero-order valence-electron chi connectivity index (χ0n) is 17.8. The van der Waals surface area contributed by atoms with E-state index in [1.165, 1.54) is 11.9 Å². The van der Waals surface area contributed by atoms with E-state index in [1.54, 1.807) is 0 Å². The number of nitrogens with zero attached hydrogens (tertiary/aromatic N) is 4. The molecule has 7 heteroatoms. The topological polar surface area (TPSA) is 75.4 Å². The van der Waals surface area contributed by atoms with Crippen LogP contribution in [0.5, 0.6) is 0 Å². The fourth-order valence-electron chi connectivity index (χ4n) is 4.47. The number of fused-ring (bicyclic) bond motifs is 2. The summed E-state index contributed by atoms with van der Waals surface area (Å²) in [6.45, 7) is 4.64. The maximum absolute atomic E-state index is 13.0. The Labute approximate surface area is 191 Å². The molecule has 2 N–H and O–H groups in total. The number of anilines is 1. The molecule has 1 atom stereocenters. The minimum absolute atomic E-state index is 0.113. The normalized spacial score (nSPS) is 17.4. The molecule has 0 aliphatic carbocycles. The van der Waals surface area contributed by atoms with E-state index in [0.717, 1.165) is 45.4 Å². The Hall–Kier alpha value is -3.22. The lowest BCUT2D eigenvalue weighted by atomic mass is 10.1. The van der Waals surface area contributed by atoms with Gasteiger partial charge < -0.3 is 10.6 Å². The first kappa shape index (κ1) is 20.7. The summed E-state index contributed by atoms with van der Waals surface area (Å²) in [6, 6.07) is 18.3. The van der Waals surface area contributed by atoms with Gasteiger partial charge in [0, 0.05) is 36.1 Å². The number of halogens is 1. The van der Waals surface area contributed by atoms with Crippen molar-refractivity contribution in [3.8, 4) is 0 Å². The molecule has 2 heterocycles. The predicted molar refractivity (Wildman–Crippen MR) is 128 cm³/mol. The molecule has 0 bridgehead atoms. The molecule has 162 valence electrons. The first-order valence-electron chi connectivity index (χ1n) is 10.7. The lowest BCUT2D eigenvalue weighted by Crippen LogP contribution is -2.54. The number of hydrogen-bond donors (Lipinski definition) is 1. The number of piperazine rings is 1. The minimum atomic E-state index is 0.113. The van der Waals surface area contributed by atoms with Crippen molar-refractivity contribution in [1.82, 2.24) is 19.8 Å². The first-order valence-corrected chi connectivity index (χ1v) is 11.0. The first-order chi connectivity index (χ1) is 15.5. The van der Waals surface area contributed by atoms with Gasteiger partial charge in [-0.2, -0.15) is 0 Å². The molecule has 1 amide bonds. The molecule has 1 aliphatic rings. The van der Waals surface area contributed by atoms with Crippen LogP contribution in [0.2, 0.25) is 5.02 Å². The Balaban J connectivity index is 1.28. The Kier molecular flexibility index (Phi) is 5.41. The molecule has 0 spiro atoms. The quantitative estimate of drug-likeness (QED) is 0.508. The number of benzene rings is 3. The van der Waals surface area contributed by atoms with E-state index >= 15 is 0 Å². The Bertz CT molecular complexity index is 1320. The Morgan fingerprint density at radius 3 is 2.59 bits per heavy atom. The van der Waals surface area contributed by atoms with Gasteiger partial charge in [0.2, 0.25) is 5.91 Å². The molecule has 5 rings (SSSR count). The maximum atomic E-state index is 13.0. The molecule has 32 heavy (non-hydrogen) atoms. The molecule has 1 aliphatic heterocycles. The number of carbonyl (C=O) groups is 1. The van der Waals surface area contributed by atoms with E-state index in [2.05, 4.69) is 40.0 Å². The van der Waals surface area contributed by atoms with E-state index in [-0.39, 0.29) is 11.9 Å². The highest BCUT2D eigenvalue weighted by Gasteiger charge is 2.29. The average molecular weight is 446 g/mol. The van der Waals surface area contributed by atoms with E-state index in [4.69, 9.17) is 17.3 Å². The molecule has 0 radical (unpaired) electrons. The van der Waals surface area contributed by atoms with Gasteiger partial charge in [-0.15, -0.1) is 0 Å². The van der Waals surface area contributed by atoms with Crippen molar-refractivity contribution < 1.29 is 4.79 Å². The van der Waals surface area contributed by atoms with E-state index in [0.29, 0.717) is 18.9 Å². The third-order valence-electron chi connectivity index (χ3n) is 6.09. The average Bonchev–Trinajstić information content (AvgIpc) is 2.76. The fourth-order valence-corrected chi connectivity index (χ4v) is 4.65. The van der Waals surface area contributed by atoms with Crippen LogP contribution in [-0.2, 0) is 17.9 Å². The molecule has 1 unspecified atom stereocenters. The zero-order valence-corrected chi connectivity index (χ0v) is 18.6. The third kappa shape index (κ3) is 4.11. The molecular weight excluding hydrogens is 422 g/mol. The van der Waals surface area contributed by atoms with Crippen LogP contribution in [0.15, 0.2) is 60.9 Å². The van der Waals surface area contributed by atoms with Gasteiger partial charge in [-0.05, 0) is 59.2 Å². The molecule has 1 saturated heterocycles. The van der Waals surface area contributed by atoms with Crippen LogP contribution in [0, 0.1) is 0 Å². The summed E-state index contributed by atoms with van der Waals surface area (Å²) >= 11 is 6.09. The van der Waals surface area contributed by atoms with Crippen LogP contribution < -0.4 is 5.73 Å². The molecule has 1 fully saturated rings. The maximum Gasteiger partial charge on any atom is 0.237 e. The lowest BCUT2D eigenvalue weighted by Gasteiger charge is -2.39. The van der Waals surface area contributed by atoms with E-state index in [1.807, 2.05) is 41.3 Å². The molecule has 3 aromatic carbocycles. The lowest BCUT2D eigenvalue weighted by molar-refractivity contribution is -0.140. The SMILES string of the molecule is CC1CN(Cc2ccc3cc(Cl)ccc3c2)CC(=O)N1Cc1ccc2c(N)ncnc2c1. The monoisotopic (exact) mass is 445 g/mol. The highest BCUT2D eigenvalue weighted by atomic mass is 35.5. The van der Waals surface area contributed by atoms with E-state index in [9.17, 15) is 4.79 Å². The summed E-state index contributed by atoms with van der Waals surface area (Å²) in [6.07, 6.45) is 1.47. The molecule has 6 nitrogen and oxygen atoms in total. The van der Waals surface area contributed by atoms with Crippen LogP contribution in [-0.4, -0.2) is 44.8 Å². The summed E-state index contributed by atoms with van der Waals surface area (Å²) in [5.41, 5.74) is 8.95. The second kappa shape index (κ2) is 8.37. The number of nitrogens with two attached hydrogens (primary N) is 1. The third-order valence-corrected chi connectivity index (χ3v) is 6.33. The smallest absolute Gasteiger partial charge is 0.237 e. The van der Waals surface area contributed by atoms with Gasteiger partial charge in [-0.3, -0.25) is 9.69 Å². The predicted octanol–water partition coefficient (Wildman–Crippen LogP) is 4.25. The van der Waals surface area contributed by atoms with Gasteiger partial charge in [-0.25, -0.2) is 9.97 Å². The van der Waals surface area contributed by atoms with Gasteiger partial charge >= 0.3 is 0 Å². The van der Waals surface area contributed by atoms with Crippen molar-refractivity contribution in [3.05, 3.63) is 77.1 Å². The minimum Gasteiger partial charge on any atom is -0.383 e. The summed E-state index contributed by atoms with van der Waals surface area (Å²) in [7, 11) is 0. The molecular formula is C25H24ClN5O. The number of aromatic nitrogens is 2. The molecule has 0 saturated carbocycles. The van der Waals surface area contributed by atoms with Gasteiger partial charge in [0.15, 0.2) is 0 Å². The molecule has 4 aromatic rings. The second-order valence-corrected chi connectivity index (χ2v) is 8.91. The van der Waals surface area contributed by atoms with Crippen LogP contribution in [0.1, 0.15) is 18.1 Å². The summed E-state index contributed by atoms with van der Waals surface area (Å²) in [5, 5.41) is 3.85. The zero-order chi connectivity index (χ0) is 22.2. The number of amides is 1. The summed E-state index contributed by atoms with van der Waals surface area (Å²) in [5.74, 6) is 0.606. The van der Waals surface area contributed by atoms with Crippen LogP contribution in [0.25, 0.3) is 21.7 Å². The number of carbonyl (C=O) groups excluding carboxylic acids is 1. The van der Waals surface area contributed by atoms with Crippen LogP contribution in [0.4, 0.5) is 5.82 Å². The fraction of sp³-hybridized carbons (Fsp3) is 0.240. The van der Waals surface area contributed by atoms with Crippen molar-refractivity contribution in [1.29, 1.82) is 0 Å². The number of nitrogen functional groups attached to an aromatic ring is 1. The Morgan fingerprint density at radius 2 is 1.75 bits per heavy atom. The largest absolute Gasteiger partial charge is 0.383 e. The Morgan fingerprint density at radius 1 is 1.00 bits per heavy atom. The standard InChI is InChI=1S/C25H24ClN5O/c1-16-11-30(12-17-2-4-20-10-21(26)6-5-19(20)8-17)14-24(32)31(16)13-18-3-7-22-23(9-18)28-15-29-25(22)27/h2-10,15-16H,11-14H2,1H3,(H2,27,28,29). The van der Waals surface area contributed by atoms with Crippen molar-refractivity contribution in [2.75, 3.05) is 18.8 Å². The van der Waals surface area contributed by atoms with Gasteiger partial charge in [0.25, 0.3) is 0 Å². The highest BCUT2D eigenvalue weighted by molar-refractivity contribution is 6.31. The van der Waals surface area contributed by atoms with Crippen molar-refractivity contribution in [3.63, 3.8) is 0 Å². The van der Waals surface area contributed by atoms with Gasteiger partial charge in [0.1, 0.15) is 12.1 Å². The highest BCUT2D eigenvalue weighted by Crippen LogP contribution is 2.24. The van der Waals surface area contributed by atoms with Crippen molar-refractivity contribution in [2.24, 2.45) is 0 Å². The van der Waals surface area contributed by atoms with Gasteiger partial charge in [-0.1, -0.05) is 35.9 Å². The second-order valence-electron chi connectivity index (χ2n) is 8.48. The molecule has 1 aromatic heterocycles. The summed E-state index contributed by atoms with van der Waals surface area (Å²) in [4.78, 5) is 25.5. The van der Waals surface area contributed by atoms with E-state index < -0.39 is 0 Å².